The lowest BCUT2D eigenvalue weighted by Gasteiger charge is -2.33. The van der Waals surface area contributed by atoms with Gasteiger partial charge in [-0.1, -0.05) is 58.5 Å². The fourth-order valence-corrected chi connectivity index (χ4v) is 5.26. The number of halogens is 2. The molecule has 0 aliphatic heterocycles. The van der Waals surface area contributed by atoms with E-state index in [4.69, 9.17) is 21.1 Å². The fourth-order valence-electron chi connectivity index (χ4n) is 3.08. The molecule has 35 heavy (non-hydrogen) atoms. The van der Waals surface area contributed by atoms with Gasteiger partial charge in [-0.25, -0.2) is 18.0 Å². The Hall–Kier alpha value is -1.85. The molecular weight excluding hydrogens is 605 g/mol. The van der Waals surface area contributed by atoms with Crippen molar-refractivity contribution < 1.29 is 27.5 Å². The first-order chi connectivity index (χ1) is 16.0. The van der Waals surface area contributed by atoms with E-state index in [1.165, 1.54) is 12.1 Å². The van der Waals surface area contributed by atoms with Crippen LogP contribution in [0.15, 0.2) is 53.4 Å². The van der Waals surface area contributed by atoms with Gasteiger partial charge in [-0.2, -0.15) is 4.31 Å². The van der Waals surface area contributed by atoms with Gasteiger partial charge in [0.2, 0.25) is 0 Å². The summed E-state index contributed by atoms with van der Waals surface area (Å²) in [6.45, 7) is 9.89. The van der Waals surface area contributed by atoms with Gasteiger partial charge >= 0.3 is 12.1 Å². The number of amides is 1. The quantitative estimate of drug-likeness (QED) is 0.197. The molecule has 0 N–H and O–H groups in total. The average Bonchev–Trinajstić information content (AvgIpc) is 2.71. The van der Waals surface area contributed by atoms with E-state index in [0.717, 1.165) is 11.1 Å². The molecule has 1 amide bonds. The van der Waals surface area contributed by atoms with Gasteiger partial charge in [0.05, 0.1) is 4.90 Å². The van der Waals surface area contributed by atoms with Crippen LogP contribution in [-0.2, 0) is 24.3 Å². The monoisotopic (exact) mass is 635 g/mol. The van der Waals surface area contributed by atoms with E-state index >= 15 is 0 Å². The van der Waals surface area contributed by atoms with Gasteiger partial charge < -0.3 is 9.47 Å². The SMILES string of the molecule is CC(C)(C)OC(=O)[C@@H](CCI)N(C(=O)OC(C)(C)C)S(=O)(=O)c1ccc(-c2ccc(Cl)cc2)cc1. The molecule has 0 aliphatic rings. The van der Waals surface area contributed by atoms with E-state index in [2.05, 4.69) is 0 Å². The lowest BCUT2D eigenvalue weighted by Crippen LogP contribution is -2.52. The Bertz CT molecular complexity index is 1140. The minimum Gasteiger partial charge on any atom is -0.458 e. The highest BCUT2D eigenvalue weighted by Crippen LogP contribution is 2.28. The highest BCUT2D eigenvalue weighted by atomic mass is 127. The molecule has 1 atom stereocenters. The van der Waals surface area contributed by atoms with Gasteiger partial charge in [0, 0.05) is 9.45 Å². The van der Waals surface area contributed by atoms with Crippen molar-refractivity contribution >= 4 is 56.3 Å². The van der Waals surface area contributed by atoms with E-state index < -0.39 is 39.3 Å². The zero-order valence-corrected chi connectivity index (χ0v) is 24.4. The number of sulfonamides is 1. The van der Waals surface area contributed by atoms with Gasteiger partial charge in [0.15, 0.2) is 0 Å². The molecule has 0 aromatic heterocycles. The summed E-state index contributed by atoms with van der Waals surface area (Å²) < 4.78 is 39.3. The van der Waals surface area contributed by atoms with Crippen molar-refractivity contribution in [2.45, 2.75) is 70.1 Å². The molecule has 0 radical (unpaired) electrons. The van der Waals surface area contributed by atoms with Crippen LogP contribution in [0.1, 0.15) is 48.0 Å². The van der Waals surface area contributed by atoms with Crippen molar-refractivity contribution in [2.24, 2.45) is 0 Å². The number of carbonyl (C=O) groups excluding carboxylic acids is 2. The Balaban J connectivity index is 2.55. The maximum absolute atomic E-state index is 13.7. The van der Waals surface area contributed by atoms with Crippen LogP contribution in [0.3, 0.4) is 0 Å². The molecule has 2 aromatic carbocycles. The molecule has 0 aliphatic carbocycles. The highest BCUT2D eigenvalue weighted by Gasteiger charge is 2.43. The summed E-state index contributed by atoms with van der Waals surface area (Å²) in [4.78, 5) is 26.1. The highest BCUT2D eigenvalue weighted by molar-refractivity contribution is 14.1. The van der Waals surface area contributed by atoms with Crippen molar-refractivity contribution in [3.8, 4) is 11.1 Å². The summed E-state index contributed by atoms with van der Waals surface area (Å²) in [5.41, 5.74) is -0.240. The minimum atomic E-state index is -4.47. The van der Waals surface area contributed by atoms with Crippen molar-refractivity contribution in [1.82, 2.24) is 4.31 Å². The zero-order chi connectivity index (χ0) is 26.6. The number of alkyl halides is 1. The summed E-state index contributed by atoms with van der Waals surface area (Å²) in [7, 11) is -4.47. The molecular formula is C25H31ClINO6S. The summed E-state index contributed by atoms with van der Waals surface area (Å²) in [5.74, 6) is -0.818. The molecule has 192 valence electrons. The Morgan fingerprint density at radius 3 is 1.77 bits per heavy atom. The van der Waals surface area contributed by atoms with E-state index in [1.54, 1.807) is 65.8 Å². The Morgan fingerprint density at radius 2 is 1.34 bits per heavy atom. The molecule has 2 aromatic rings. The summed E-state index contributed by atoms with van der Waals surface area (Å²) in [5, 5.41) is 0.587. The molecule has 10 heteroatoms. The Labute approximate surface area is 226 Å². The maximum atomic E-state index is 13.7. The third-order valence-electron chi connectivity index (χ3n) is 4.51. The second-order valence-electron chi connectivity index (χ2n) is 9.84. The molecule has 7 nitrogen and oxygen atoms in total. The van der Waals surface area contributed by atoms with Crippen LogP contribution in [0.4, 0.5) is 4.79 Å². The second kappa shape index (κ2) is 11.5. The van der Waals surface area contributed by atoms with E-state index in [9.17, 15) is 18.0 Å². The van der Waals surface area contributed by atoms with Gasteiger partial charge in [-0.15, -0.1) is 0 Å². The molecule has 0 saturated carbocycles. The number of esters is 1. The van der Waals surface area contributed by atoms with Crippen molar-refractivity contribution in [3.05, 3.63) is 53.6 Å². The molecule has 0 saturated heterocycles. The van der Waals surface area contributed by atoms with Crippen LogP contribution < -0.4 is 0 Å². The molecule has 2 rings (SSSR count). The minimum absolute atomic E-state index is 0.0663. The van der Waals surface area contributed by atoms with E-state index in [-0.39, 0.29) is 11.3 Å². The first-order valence-electron chi connectivity index (χ1n) is 11.0. The van der Waals surface area contributed by atoms with Crippen molar-refractivity contribution in [3.63, 3.8) is 0 Å². The molecule has 0 bridgehead atoms. The van der Waals surface area contributed by atoms with E-state index in [1.807, 2.05) is 34.7 Å². The second-order valence-corrected chi connectivity index (χ2v) is 13.2. The normalized spacial score (nSPS) is 13.1. The predicted molar refractivity (Wildman–Crippen MR) is 145 cm³/mol. The lowest BCUT2D eigenvalue weighted by atomic mass is 10.1. The number of hydrogen-bond donors (Lipinski definition) is 0. The largest absolute Gasteiger partial charge is 0.458 e. The van der Waals surface area contributed by atoms with Crippen LogP contribution >= 0.6 is 34.2 Å². The molecule has 0 fully saturated rings. The number of rotatable bonds is 7. The standard InChI is InChI=1S/C25H31ClINO6S/c1-24(2,3)33-22(29)21(15-16-27)28(23(30)34-25(4,5)6)35(31,32)20-13-9-18(10-14-20)17-7-11-19(26)12-8-17/h7-14,21H,15-16H2,1-6H3/t21-/m1/s1. The number of benzene rings is 2. The third kappa shape index (κ3) is 8.35. The maximum Gasteiger partial charge on any atom is 0.425 e. The lowest BCUT2D eigenvalue weighted by molar-refractivity contribution is -0.159. The summed E-state index contributed by atoms with van der Waals surface area (Å²) >= 11 is 7.97. The smallest absolute Gasteiger partial charge is 0.425 e. The number of nitrogens with zero attached hydrogens (tertiary/aromatic N) is 1. The van der Waals surface area contributed by atoms with Crippen molar-refractivity contribution in [1.29, 1.82) is 0 Å². The van der Waals surface area contributed by atoms with Gasteiger partial charge in [0.1, 0.15) is 17.2 Å². The molecule has 0 heterocycles. The van der Waals surface area contributed by atoms with Crippen LogP contribution in [-0.4, -0.2) is 46.5 Å². The van der Waals surface area contributed by atoms with Crippen LogP contribution in [0, 0.1) is 0 Å². The molecule has 0 unspecified atom stereocenters. The van der Waals surface area contributed by atoms with Gasteiger partial charge in [0.25, 0.3) is 10.0 Å². The van der Waals surface area contributed by atoms with Crippen LogP contribution in [0.2, 0.25) is 5.02 Å². The fraction of sp³-hybridized carbons (Fsp3) is 0.440. The van der Waals surface area contributed by atoms with Crippen LogP contribution in [0.25, 0.3) is 11.1 Å². The topological polar surface area (TPSA) is 90.0 Å². The van der Waals surface area contributed by atoms with Crippen molar-refractivity contribution in [2.75, 3.05) is 4.43 Å². The zero-order valence-electron chi connectivity index (χ0n) is 20.7. The number of carbonyl (C=O) groups is 2. The first kappa shape index (κ1) is 29.4. The predicted octanol–water partition coefficient (Wildman–Crippen LogP) is 6.47. The van der Waals surface area contributed by atoms with Crippen LogP contribution in [0.5, 0.6) is 0 Å². The van der Waals surface area contributed by atoms with Gasteiger partial charge in [-0.05, 0) is 83.4 Å². The molecule has 0 spiro atoms. The Kier molecular flexibility index (Phi) is 9.63. The number of ether oxygens (including phenoxy) is 2. The third-order valence-corrected chi connectivity index (χ3v) is 7.17. The first-order valence-corrected chi connectivity index (χ1v) is 14.3. The average molecular weight is 636 g/mol. The van der Waals surface area contributed by atoms with E-state index in [0.29, 0.717) is 13.8 Å². The Morgan fingerprint density at radius 1 is 0.886 bits per heavy atom. The summed E-state index contributed by atoms with van der Waals surface area (Å²) in [6.07, 6.45) is -1.07. The van der Waals surface area contributed by atoms with Gasteiger partial charge in [-0.3, -0.25) is 0 Å². The number of hydrogen-bond acceptors (Lipinski definition) is 6. The summed E-state index contributed by atoms with van der Waals surface area (Å²) in [6, 6.07) is 11.8.